The molecule has 0 bridgehead atoms. The second-order valence-corrected chi connectivity index (χ2v) is 2.48. The molecule has 12 heavy (non-hydrogen) atoms. The van der Waals surface area contributed by atoms with Gasteiger partial charge in [-0.3, -0.25) is 0 Å². The van der Waals surface area contributed by atoms with Gasteiger partial charge in [0.2, 0.25) is 0 Å². The highest BCUT2D eigenvalue weighted by Crippen LogP contribution is 2.16. The standard InChI is InChI=1S/C7H4ClN3S/c8-6-1-3-7(4-2-6)10-11-9-5-12/h1-4H. The molecule has 5 heteroatoms. The molecule has 0 aliphatic carbocycles. The van der Waals surface area contributed by atoms with Gasteiger partial charge in [0.05, 0.1) is 10.8 Å². The summed E-state index contributed by atoms with van der Waals surface area (Å²) in [6.45, 7) is 0. The summed E-state index contributed by atoms with van der Waals surface area (Å²) < 4.78 is 0. The highest BCUT2D eigenvalue weighted by atomic mass is 35.5. The molecule has 0 amide bonds. The van der Waals surface area contributed by atoms with Crippen LogP contribution >= 0.6 is 23.8 Å². The van der Waals surface area contributed by atoms with Crippen LogP contribution in [0.4, 0.5) is 5.69 Å². The molecule has 1 aromatic rings. The summed E-state index contributed by atoms with van der Waals surface area (Å²) in [4.78, 5) is 0. The number of halogens is 1. The lowest BCUT2D eigenvalue weighted by Gasteiger charge is -1.88. The first-order valence-corrected chi connectivity index (χ1v) is 3.85. The Bertz CT molecular complexity index is 327. The Labute approximate surface area is 79.8 Å². The summed E-state index contributed by atoms with van der Waals surface area (Å²) in [6.07, 6.45) is 0. The zero-order chi connectivity index (χ0) is 8.81. The summed E-state index contributed by atoms with van der Waals surface area (Å²) in [6, 6.07) is 6.89. The van der Waals surface area contributed by atoms with E-state index in [9.17, 15) is 0 Å². The fourth-order valence-corrected chi connectivity index (χ4v) is 0.763. The van der Waals surface area contributed by atoms with Crippen molar-refractivity contribution in [3.8, 4) is 0 Å². The molecule has 0 radical (unpaired) electrons. The van der Waals surface area contributed by atoms with Gasteiger partial charge in [-0.25, -0.2) is 0 Å². The van der Waals surface area contributed by atoms with Gasteiger partial charge in [-0.1, -0.05) is 16.7 Å². The third-order valence-electron chi connectivity index (χ3n) is 1.07. The lowest BCUT2D eigenvalue weighted by atomic mass is 10.3. The minimum Gasteiger partial charge on any atom is -0.130 e. The lowest BCUT2D eigenvalue weighted by Crippen LogP contribution is -1.62. The van der Waals surface area contributed by atoms with Crippen LogP contribution in [0.15, 0.2) is 39.7 Å². The van der Waals surface area contributed by atoms with Gasteiger partial charge in [-0.05, 0) is 41.7 Å². The third kappa shape index (κ3) is 2.88. The Hall–Kier alpha value is -1.09. The van der Waals surface area contributed by atoms with Crippen LogP contribution in [-0.2, 0) is 0 Å². The van der Waals surface area contributed by atoms with Crippen LogP contribution in [0.2, 0.25) is 5.02 Å². The zero-order valence-electron chi connectivity index (χ0n) is 5.94. The van der Waals surface area contributed by atoms with Crippen LogP contribution in [0.5, 0.6) is 0 Å². The second kappa shape index (κ2) is 4.72. The predicted molar refractivity (Wildman–Crippen MR) is 51.0 cm³/mol. The van der Waals surface area contributed by atoms with E-state index in [0.29, 0.717) is 10.7 Å². The maximum Gasteiger partial charge on any atom is 0.0889 e. The molecule has 0 fully saturated rings. The van der Waals surface area contributed by atoms with Gasteiger partial charge in [-0.15, -0.1) is 5.11 Å². The molecule has 0 aromatic heterocycles. The largest absolute Gasteiger partial charge is 0.130 e. The van der Waals surface area contributed by atoms with Crippen molar-refractivity contribution in [1.82, 2.24) is 0 Å². The van der Waals surface area contributed by atoms with Crippen molar-refractivity contribution in [3.63, 3.8) is 0 Å². The van der Waals surface area contributed by atoms with Crippen LogP contribution < -0.4 is 0 Å². The van der Waals surface area contributed by atoms with Crippen LogP contribution in [0.1, 0.15) is 0 Å². The maximum absolute atomic E-state index is 5.65. The fraction of sp³-hybridized carbons (Fsp3) is 0. The number of rotatable bonds is 2. The molecule has 0 saturated carbocycles. The third-order valence-corrected chi connectivity index (χ3v) is 1.41. The second-order valence-electron chi connectivity index (χ2n) is 1.86. The number of isothiocyanates is 1. The lowest BCUT2D eigenvalue weighted by molar-refractivity contribution is 1.07. The summed E-state index contributed by atoms with van der Waals surface area (Å²) in [5.41, 5.74) is 0.674. The van der Waals surface area contributed by atoms with E-state index >= 15 is 0 Å². The molecule has 1 aromatic carbocycles. The van der Waals surface area contributed by atoms with Crippen molar-refractivity contribution in [2.24, 2.45) is 15.4 Å². The van der Waals surface area contributed by atoms with Crippen LogP contribution in [0, 0.1) is 0 Å². The summed E-state index contributed by atoms with van der Waals surface area (Å²) in [5, 5.41) is 13.1. The SMILES string of the molecule is S=C=NN=Nc1ccc(Cl)cc1. The first kappa shape index (κ1) is 9.00. The first-order valence-electron chi connectivity index (χ1n) is 3.06. The molecular weight excluding hydrogens is 194 g/mol. The van der Waals surface area contributed by atoms with Gasteiger partial charge < -0.3 is 0 Å². The van der Waals surface area contributed by atoms with Crippen molar-refractivity contribution >= 4 is 34.7 Å². The van der Waals surface area contributed by atoms with Crippen molar-refractivity contribution < 1.29 is 0 Å². The topological polar surface area (TPSA) is 37.1 Å². The number of thiocarbonyl (C=S) groups is 1. The van der Waals surface area contributed by atoms with Gasteiger partial charge in [0.15, 0.2) is 0 Å². The van der Waals surface area contributed by atoms with E-state index in [1.807, 2.05) is 0 Å². The van der Waals surface area contributed by atoms with Crippen LogP contribution in [0.3, 0.4) is 0 Å². The van der Waals surface area contributed by atoms with E-state index in [1.165, 1.54) is 0 Å². The average Bonchev–Trinajstić information content (AvgIpc) is 2.09. The van der Waals surface area contributed by atoms with E-state index in [2.05, 4.69) is 32.8 Å². The summed E-state index contributed by atoms with van der Waals surface area (Å²) >= 11 is 9.94. The smallest absolute Gasteiger partial charge is 0.0889 e. The molecule has 0 heterocycles. The van der Waals surface area contributed by atoms with E-state index in [1.54, 1.807) is 24.3 Å². The first-order chi connectivity index (χ1) is 5.83. The van der Waals surface area contributed by atoms with E-state index in [0.717, 1.165) is 0 Å². The highest BCUT2D eigenvalue weighted by molar-refractivity contribution is 7.78. The Morgan fingerprint density at radius 3 is 2.50 bits per heavy atom. The molecule has 0 spiro atoms. The molecule has 0 atom stereocenters. The number of nitrogens with zero attached hydrogens (tertiary/aromatic N) is 3. The zero-order valence-corrected chi connectivity index (χ0v) is 7.51. The van der Waals surface area contributed by atoms with Gasteiger partial charge in [-0.2, -0.15) is 0 Å². The Morgan fingerprint density at radius 1 is 1.25 bits per heavy atom. The number of hydrogen-bond acceptors (Lipinski definition) is 3. The Balaban J connectivity index is 2.77. The molecule has 0 aliphatic heterocycles. The van der Waals surface area contributed by atoms with Crippen molar-refractivity contribution in [1.29, 1.82) is 0 Å². The van der Waals surface area contributed by atoms with Gasteiger partial charge in [0.1, 0.15) is 0 Å². The molecule has 0 aliphatic rings. The normalized spacial score (nSPS) is 9.75. The van der Waals surface area contributed by atoms with Crippen LogP contribution in [-0.4, -0.2) is 5.16 Å². The minimum atomic E-state index is 0.660. The number of benzene rings is 1. The summed E-state index contributed by atoms with van der Waals surface area (Å²) in [5.74, 6) is 0. The van der Waals surface area contributed by atoms with Crippen molar-refractivity contribution in [3.05, 3.63) is 29.3 Å². The molecule has 60 valence electrons. The van der Waals surface area contributed by atoms with Crippen molar-refractivity contribution in [2.45, 2.75) is 0 Å². The van der Waals surface area contributed by atoms with Crippen LogP contribution in [0.25, 0.3) is 0 Å². The molecule has 0 N–H and O–H groups in total. The fourth-order valence-electron chi connectivity index (χ4n) is 0.600. The predicted octanol–water partition coefficient (Wildman–Crippen LogP) is 3.44. The quantitative estimate of drug-likeness (QED) is 0.310. The number of hydrogen-bond donors (Lipinski definition) is 0. The van der Waals surface area contributed by atoms with Gasteiger partial charge in [0.25, 0.3) is 0 Å². The highest BCUT2D eigenvalue weighted by Gasteiger charge is 1.87. The Morgan fingerprint density at radius 2 is 1.92 bits per heavy atom. The molecule has 3 nitrogen and oxygen atoms in total. The molecule has 1 rings (SSSR count). The molecular formula is C7H4ClN3S. The maximum atomic E-state index is 5.65. The van der Waals surface area contributed by atoms with E-state index < -0.39 is 0 Å². The molecule has 0 saturated heterocycles. The summed E-state index contributed by atoms with van der Waals surface area (Å²) in [7, 11) is 0. The monoisotopic (exact) mass is 197 g/mol. The Kier molecular flexibility index (Phi) is 3.54. The minimum absolute atomic E-state index is 0.660. The average molecular weight is 198 g/mol. The molecule has 0 unspecified atom stereocenters. The van der Waals surface area contributed by atoms with Gasteiger partial charge in [0, 0.05) is 5.02 Å². The van der Waals surface area contributed by atoms with E-state index in [4.69, 9.17) is 11.6 Å². The van der Waals surface area contributed by atoms with E-state index in [-0.39, 0.29) is 0 Å². The van der Waals surface area contributed by atoms with Gasteiger partial charge >= 0.3 is 0 Å². The van der Waals surface area contributed by atoms with Crippen molar-refractivity contribution in [2.75, 3.05) is 0 Å².